The standard InChI is InChI=1S/C13H12Cl2OS/c1-2-16-11-6-4-3-5-9(11)12(15)13-10(14)7-8-17-13/h3-8,12H,2H2,1H3. The molecule has 1 nitrogen and oxygen atoms in total. The smallest absolute Gasteiger partial charge is 0.124 e. The van der Waals surface area contributed by atoms with Gasteiger partial charge in [0.2, 0.25) is 0 Å². The molecule has 1 aromatic heterocycles. The maximum Gasteiger partial charge on any atom is 0.124 e. The van der Waals surface area contributed by atoms with Crippen molar-refractivity contribution in [2.45, 2.75) is 12.3 Å². The Kier molecular flexibility index (Phi) is 4.32. The van der Waals surface area contributed by atoms with Crippen molar-refractivity contribution in [2.24, 2.45) is 0 Å². The normalized spacial score (nSPS) is 12.4. The second-order valence-electron chi connectivity index (χ2n) is 3.47. The molecule has 1 aromatic carbocycles. The number of benzene rings is 1. The van der Waals surface area contributed by atoms with Crippen LogP contribution in [0.25, 0.3) is 0 Å². The van der Waals surface area contributed by atoms with Crippen molar-refractivity contribution in [1.29, 1.82) is 0 Å². The summed E-state index contributed by atoms with van der Waals surface area (Å²) in [5, 5.41) is 2.39. The second kappa shape index (κ2) is 5.76. The van der Waals surface area contributed by atoms with E-state index in [4.69, 9.17) is 27.9 Å². The molecule has 0 N–H and O–H groups in total. The van der Waals surface area contributed by atoms with Crippen molar-refractivity contribution < 1.29 is 4.74 Å². The minimum absolute atomic E-state index is 0.259. The summed E-state index contributed by atoms with van der Waals surface area (Å²) in [5.41, 5.74) is 0.959. The van der Waals surface area contributed by atoms with Crippen LogP contribution in [0.1, 0.15) is 22.7 Å². The van der Waals surface area contributed by atoms with E-state index in [1.165, 1.54) is 0 Å². The first-order chi connectivity index (χ1) is 8.24. The van der Waals surface area contributed by atoms with Crippen LogP contribution in [-0.4, -0.2) is 6.61 Å². The number of rotatable bonds is 4. The maximum atomic E-state index is 6.47. The SMILES string of the molecule is CCOc1ccccc1C(Cl)c1sccc1Cl. The zero-order valence-corrected chi connectivity index (χ0v) is 11.6. The Morgan fingerprint density at radius 1 is 1.29 bits per heavy atom. The molecule has 0 saturated heterocycles. The van der Waals surface area contributed by atoms with E-state index in [-0.39, 0.29) is 5.38 Å². The van der Waals surface area contributed by atoms with Gasteiger partial charge in [0.15, 0.2) is 0 Å². The van der Waals surface area contributed by atoms with Crippen LogP contribution < -0.4 is 4.74 Å². The van der Waals surface area contributed by atoms with Crippen LogP contribution in [0, 0.1) is 0 Å². The van der Waals surface area contributed by atoms with E-state index in [0.29, 0.717) is 11.6 Å². The van der Waals surface area contributed by atoms with Gasteiger partial charge in [-0.05, 0) is 24.4 Å². The highest BCUT2D eigenvalue weighted by molar-refractivity contribution is 7.11. The summed E-state index contributed by atoms with van der Waals surface area (Å²) in [7, 11) is 0. The summed E-state index contributed by atoms with van der Waals surface area (Å²) in [6.07, 6.45) is 0. The zero-order chi connectivity index (χ0) is 12.3. The molecule has 0 aliphatic carbocycles. The Morgan fingerprint density at radius 2 is 2.06 bits per heavy atom. The van der Waals surface area contributed by atoms with Crippen LogP contribution in [-0.2, 0) is 0 Å². The Labute approximate surface area is 115 Å². The lowest BCUT2D eigenvalue weighted by Crippen LogP contribution is -1.99. The molecule has 0 aliphatic rings. The molecule has 0 radical (unpaired) electrons. The first kappa shape index (κ1) is 12.7. The number of alkyl halides is 1. The van der Waals surface area contributed by atoms with Gasteiger partial charge in [-0.25, -0.2) is 0 Å². The molecule has 4 heteroatoms. The van der Waals surface area contributed by atoms with Crippen molar-refractivity contribution in [2.75, 3.05) is 6.61 Å². The van der Waals surface area contributed by atoms with E-state index in [9.17, 15) is 0 Å². The highest BCUT2D eigenvalue weighted by Gasteiger charge is 2.19. The van der Waals surface area contributed by atoms with Gasteiger partial charge in [0.05, 0.1) is 17.0 Å². The van der Waals surface area contributed by atoms with Gasteiger partial charge in [0.1, 0.15) is 5.75 Å². The lowest BCUT2D eigenvalue weighted by Gasteiger charge is -2.14. The maximum absolute atomic E-state index is 6.47. The molecule has 1 unspecified atom stereocenters. The van der Waals surface area contributed by atoms with Crippen molar-refractivity contribution in [3.05, 3.63) is 51.2 Å². The Bertz CT molecular complexity index is 496. The average molecular weight is 287 g/mol. The van der Waals surface area contributed by atoms with Crippen molar-refractivity contribution >= 4 is 34.5 Å². The van der Waals surface area contributed by atoms with Gasteiger partial charge in [-0.1, -0.05) is 29.8 Å². The summed E-state index contributed by atoms with van der Waals surface area (Å²) < 4.78 is 5.57. The minimum atomic E-state index is -0.259. The van der Waals surface area contributed by atoms with E-state index in [1.54, 1.807) is 11.3 Å². The van der Waals surface area contributed by atoms with Crippen molar-refractivity contribution in [3.8, 4) is 5.75 Å². The van der Waals surface area contributed by atoms with Crippen molar-refractivity contribution in [1.82, 2.24) is 0 Å². The van der Waals surface area contributed by atoms with Gasteiger partial charge >= 0.3 is 0 Å². The molecule has 0 spiro atoms. The van der Waals surface area contributed by atoms with Gasteiger partial charge in [-0.3, -0.25) is 0 Å². The van der Waals surface area contributed by atoms with Crippen molar-refractivity contribution in [3.63, 3.8) is 0 Å². The molecule has 2 aromatic rings. The number of halogens is 2. The van der Waals surface area contributed by atoms with Crippen LogP contribution in [0.2, 0.25) is 5.02 Å². The fraction of sp³-hybridized carbons (Fsp3) is 0.231. The van der Waals surface area contributed by atoms with E-state index >= 15 is 0 Å². The molecule has 0 fully saturated rings. The third kappa shape index (κ3) is 2.76. The van der Waals surface area contributed by atoms with Gasteiger partial charge in [0.25, 0.3) is 0 Å². The third-order valence-corrected chi connectivity index (χ3v) is 4.37. The Morgan fingerprint density at radius 3 is 2.71 bits per heavy atom. The monoisotopic (exact) mass is 286 g/mol. The third-order valence-electron chi connectivity index (χ3n) is 2.37. The molecule has 0 saturated carbocycles. The van der Waals surface area contributed by atoms with Crippen LogP contribution in [0.5, 0.6) is 5.75 Å². The number of hydrogen-bond donors (Lipinski definition) is 0. The molecule has 0 amide bonds. The fourth-order valence-electron chi connectivity index (χ4n) is 1.60. The number of thiophene rings is 1. The van der Waals surface area contributed by atoms with Gasteiger partial charge in [-0.2, -0.15) is 0 Å². The molecule has 2 rings (SSSR count). The zero-order valence-electron chi connectivity index (χ0n) is 9.32. The summed E-state index contributed by atoms with van der Waals surface area (Å²) in [5.74, 6) is 0.819. The summed E-state index contributed by atoms with van der Waals surface area (Å²) in [6.45, 7) is 2.58. The van der Waals surface area contributed by atoms with Crippen LogP contribution in [0.15, 0.2) is 35.7 Å². The topological polar surface area (TPSA) is 9.23 Å². The predicted octanol–water partition coefficient (Wildman–Crippen LogP) is 5.13. The van der Waals surface area contributed by atoms with E-state index < -0.39 is 0 Å². The van der Waals surface area contributed by atoms with Crippen LogP contribution in [0.3, 0.4) is 0 Å². The predicted molar refractivity (Wildman–Crippen MR) is 74.6 cm³/mol. The van der Waals surface area contributed by atoms with Gasteiger partial charge < -0.3 is 4.74 Å². The van der Waals surface area contributed by atoms with E-state index in [2.05, 4.69) is 0 Å². The van der Waals surface area contributed by atoms with Gasteiger partial charge in [-0.15, -0.1) is 22.9 Å². The molecule has 0 bridgehead atoms. The highest BCUT2D eigenvalue weighted by atomic mass is 35.5. The molecule has 0 aliphatic heterocycles. The summed E-state index contributed by atoms with van der Waals surface area (Å²) in [6, 6.07) is 9.65. The first-order valence-corrected chi connectivity index (χ1v) is 7.02. The average Bonchev–Trinajstić information content (AvgIpc) is 2.76. The van der Waals surface area contributed by atoms with Crippen LogP contribution >= 0.6 is 34.5 Å². The summed E-state index contributed by atoms with van der Waals surface area (Å²) >= 11 is 14.1. The largest absolute Gasteiger partial charge is 0.494 e. The highest BCUT2D eigenvalue weighted by Crippen LogP contribution is 2.40. The quantitative estimate of drug-likeness (QED) is 0.708. The molecule has 17 heavy (non-hydrogen) atoms. The summed E-state index contributed by atoms with van der Waals surface area (Å²) in [4.78, 5) is 0.959. The molecule has 90 valence electrons. The molecular weight excluding hydrogens is 275 g/mol. The van der Waals surface area contributed by atoms with E-state index in [1.807, 2.05) is 42.6 Å². The van der Waals surface area contributed by atoms with E-state index in [0.717, 1.165) is 16.2 Å². The first-order valence-electron chi connectivity index (χ1n) is 5.32. The van der Waals surface area contributed by atoms with Crippen LogP contribution in [0.4, 0.5) is 0 Å². The molecule has 1 heterocycles. The molecular formula is C13H12Cl2OS. The lowest BCUT2D eigenvalue weighted by molar-refractivity contribution is 0.337. The lowest BCUT2D eigenvalue weighted by atomic mass is 10.1. The van der Waals surface area contributed by atoms with Gasteiger partial charge in [0, 0.05) is 10.4 Å². The molecule has 1 atom stereocenters. The fourth-order valence-corrected chi connectivity index (χ4v) is 3.27. The number of ether oxygens (including phenoxy) is 1. The minimum Gasteiger partial charge on any atom is -0.494 e. The Balaban J connectivity index is 2.37. The Hall–Kier alpha value is -0.700. The number of hydrogen-bond acceptors (Lipinski definition) is 2. The second-order valence-corrected chi connectivity index (χ2v) is 5.26. The number of para-hydroxylation sites is 1.